The molecule has 0 radical (unpaired) electrons. The average Bonchev–Trinajstić information content (AvgIpc) is 3.36. The summed E-state index contributed by atoms with van der Waals surface area (Å²) in [6.45, 7) is 6.45. The van der Waals surface area contributed by atoms with Gasteiger partial charge in [0.05, 0.1) is 11.9 Å². The minimum Gasteiger partial charge on any atom is -0.352 e. The van der Waals surface area contributed by atoms with Gasteiger partial charge in [0.25, 0.3) is 0 Å². The second-order valence-corrected chi connectivity index (χ2v) is 12.4. The Balaban J connectivity index is 1.72. The standard InChI is InChI=1S/C30H43N3O4S/c1-5-28(30(35)31-26-14-9-10-15-26)32(19-17-25-12-7-6-8-13-25)29(34)16-11-18-33(38(4,36)37)27-21-23(2)20-24(3)22-27/h6-8,12-13,20-22,26,28H,5,9-11,14-19H2,1-4H3,(H,31,35)/t28-/m1/s1. The van der Waals surface area contributed by atoms with Gasteiger partial charge in [-0.25, -0.2) is 8.42 Å². The van der Waals surface area contributed by atoms with E-state index in [0.717, 1.165) is 42.4 Å². The van der Waals surface area contributed by atoms with E-state index in [4.69, 9.17) is 0 Å². The van der Waals surface area contributed by atoms with Crippen LogP contribution in [0.5, 0.6) is 0 Å². The van der Waals surface area contributed by atoms with Crippen LogP contribution >= 0.6 is 0 Å². The van der Waals surface area contributed by atoms with Crippen molar-refractivity contribution in [3.05, 3.63) is 65.2 Å². The number of aryl methyl sites for hydroxylation is 2. The molecule has 7 nitrogen and oxygen atoms in total. The molecule has 1 aliphatic carbocycles. The molecule has 2 aromatic rings. The molecule has 0 heterocycles. The van der Waals surface area contributed by atoms with Gasteiger partial charge in [-0.1, -0.05) is 56.2 Å². The molecule has 0 aromatic heterocycles. The normalized spacial score (nSPS) is 14.7. The van der Waals surface area contributed by atoms with Gasteiger partial charge in [0, 0.05) is 25.6 Å². The van der Waals surface area contributed by atoms with Crippen LogP contribution in [0.2, 0.25) is 0 Å². The Morgan fingerprint density at radius 3 is 2.21 bits per heavy atom. The van der Waals surface area contributed by atoms with E-state index in [1.54, 1.807) is 4.90 Å². The highest BCUT2D eigenvalue weighted by molar-refractivity contribution is 7.92. The highest BCUT2D eigenvalue weighted by atomic mass is 32.2. The fourth-order valence-corrected chi connectivity index (χ4v) is 6.31. The number of nitrogens with zero attached hydrogens (tertiary/aromatic N) is 2. The van der Waals surface area contributed by atoms with Gasteiger partial charge >= 0.3 is 0 Å². The van der Waals surface area contributed by atoms with Crippen LogP contribution in [0.4, 0.5) is 5.69 Å². The Bertz CT molecular complexity index is 1160. The molecule has 1 N–H and O–H groups in total. The number of sulfonamides is 1. The van der Waals surface area contributed by atoms with E-state index in [0.29, 0.717) is 31.5 Å². The molecule has 1 aliphatic rings. The Kier molecular flexibility index (Phi) is 10.8. The lowest BCUT2D eigenvalue weighted by molar-refractivity contribution is -0.141. The lowest BCUT2D eigenvalue weighted by Crippen LogP contribution is -2.52. The number of hydrogen-bond donors (Lipinski definition) is 1. The smallest absolute Gasteiger partial charge is 0.243 e. The first-order chi connectivity index (χ1) is 18.1. The Morgan fingerprint density at radius 2 is 1.63 bits per heavy atom. The van der Waals surface area contributed by atoms with Crippen molar-refractivity contribution in [1.82, 2.24) is 10.2 Å². The van der Waals surface area contributed by atoms with Crippen molar-refractivity contribution < 1.29 is 18.0 Å². The molecule has 38 heavy (non-hydrogen) atoms. The summed E-state index contributed by atoms with van der Waals surface area (Å²) in [5.74, 6) is -0.211. The van der Waals surface area contributed by atoms with Crippen molar-refractivity contribution >= 4 is 27.5 Å². The SMILES string of the molecule is CC[C@H](C(=O)NC1CCCC1)N(CCc1ccccc1)C(=O)CCCN(c1cc(C)cc(C)c1)S(C)(=O)=O. The quantitative estimate of drug-likeness (QED) is 0.396. The van der Waals surface area contributed by atoms with Gasteiger partial charge in [0.15, 0.2) is 0 Å². The van der Waals surface area contributed by atoms with Crippen LogP contribution in [0.15, 0.2) is 48.5 Å². The molecule has 0 spiro atoms. The topological polar surface area (TPSA) is 86.8 Å². The number of carbonyl (C=O) groups excluding carboxylic acids is 2. The van der Waals surface area contributed by atoms with E-state index in [2.05, 4.69) is 5.32 Å². The summed E-state index contributed by atoms with van der Waals surface area (Å²) in [6.07, 6.45) is 7.11. The summed E-state index contributed by atoms with van der Waals surface area (Å²) in [4.78, 5) is 28.5. The van der Waals surface area contributed by atoms with Crippen LogP contribution < -0.4 is 9.62 Å². The maximum atomic E-state index is 13.6. The summed E-state index contributed by atoms with van der Waals surface area (Å²) in [5.41, 5.74) is 3.68. The van der Waals surface area contributed by atoms with E-state index in [1.807, 2.05) is 69.3 Å². The maximum Gasteiger partial charge on any atom is 0.243 e. The predicted molar refractivity (Wildman–Crippen MR) is 154 cm³/mol. The predicted octanol–water partition coefficient (Wildman–Crippen LogP) is 4.76. The number of carbonyl (C=O) groups is 2. The number of hydrogen-bond acceptors (Lipinski definition) is 4. The number of benzene rings is 2. The molecule has 2 amide bonds. The third-order valence-corrected chi connectivity index (χ3v) is 8.41. The molecule has 0 aliphatic heterocycles. The Morgan fingerprint density at radius 1 is 1.00 bits per heavy atom. The van der Waals surface area contributed by atoms with Crippen LogP contribution in [0, 0.1) is 13.8 Å². The Labute approximate surface area is 228 Å². The van der Waals surface area contributed by atoms with Crippen molar-refractivity contribution in [2.75, 3.05) is 23.7 Å². The van der Waals surface area contributed by atoms with Crippen LogP contribution in [-0.4, -0.2) is 56.6 Å². The molecule has 0 bridgehead atoms. The van der Waals surface area contributed by atoms with Crippen molar-refractivity contribution in [3.63, 3.8) is 0 Å². The first-order valence-corrected chi connectivity index (χ1v) is 15.6. The number of amides is 2. The average molecular weight is 542 g/mol. The molecule has 1 fully saturated rings. The zero-order chi connectivity index (χ0) is 27.7. The maximum absolute atomic E-state index is 13.6. The third-order valence-electron chi connectivity index (χ3n) is 7.22. The largest absolute Gasteiger partial charge is 0.352 e. The molecule has 2 aromatic carbocycles. The molecule has 1 atom stereocenters. The fraction of sp³-hybridized carbons (Fsp3) is 0.533. The Hall–Kier alpha value is -2.87. The second-order valence-electron chi connectivity index (χ2n) is 10.5. The van der Waals surface area contributed by atoms with Crippen LogP contribution in [0.3, 0.4) is 0 Å². The van der Waals surface area contributed by atoms with E-state index in [9.17, 15) is 18.0 Å². The van der Waals surface area contributed by atoms with Crippen molar-refractivity contribution in [2.45, 2.75) is 84.2 Å². The lowest BCUT2D eigenvalue weighted by atomic mass is 10.1. The number of anilines is 1. The summed E-state index contributed by atoms with van der Waals surface area (Å²) in [7, 11) is -3.52. The van der Waals surface area contributed by atoms with Gasteiger partial charge < -0.3 is 10.2 Å². The van der Waals surface area contributed by atoms with Gasteiger partial charge in [-0.15, -0.1) is 0 Å². The number of nitrogens with one attached hydrogen (secondary N) is 1. The molecule has 3 rings (SSSR count). The fourth-order valence-electron chi connectivity index (χ4n) is 5.36. The molecule has 208 valence electrons. The van der Waals surface area contributed by atoms with E-state index in [-0.39, 0.29) is 30.8 Å². The summed E-state index contributed by atoms with van der Waals surface area (Å²) in [5, 5.41) is 3.17. The van der Waals surface area contributed by atoms with Crippen LogP contribution in [0.25, 0.3) is 0 Å². The zero-order valence-corrected chi connectivity index (χ0v) is 24.1. The van der Waals surface area contributed by atoms with Crippen molar-refractivity contribution in [2.24, 2.45) is 0 Å². The van der Waals surface area contributed by atoms with Gasteiger partial charge in [0.2, 0.25) is 21.8 Å². The van der Waals surface area contributed by atoms with E-state index < -0.39 is 16.1 Å². The molecular weight excluding hydrogens is 498 g/mol. The molecule has 1 saturated carbocycles. The third kappa shape index (κ3) is 8.58. The molecule has 8 heteroatoms. The van der Waals surface area contributed by atoms with Gasteiger partial charge in [-0.3, -0.25) is 13.9 Å². The molecule has 0 saturated heterocycles. The first-order valence-electron chi connectivity index (χ1n) is 13.8. The zero-order valence-electron chi connectivity index (χ0n) is 23.3. The highest BCUT2D eigenvalue weighted by Gasteiger charge is 2.30. The number of rotatable bonds is 13. The summed E-state index contributed by atoms with van der Waals surface area (Å²) >= 11 is 0. The second kappa shape index (κ2) is 13.8. The van der Waals surface area contributed by atoms with Crippen molar-refractivity contribution in [3.8, 4) is 0 Å². The first kappa shape index (κ1) is 29.7. The van der Waals surface area contributed by atoms with Gasteiger partial charge in [0.1, 0.15) is 6.04 Å². The van der Waals surface area contributed by atoms with Crippen LogP contribution in [-0.2, 0) is 26.0 Å². The van der Waals surface area contributed by atoms with Crippen molar-refractivity contribution in [1.29, 1.82) is 0 Å². The van der Waals surface area contributed by atoms with Gasteiger partial charge in [-0.05, 0) is 74.8 Å². The van der Waals surface area contributed by atoms with E-state index in [1.165, 1.54) is 10.6 Å². The van der Waals surface area contributed by atoms with Crippen LogP contribution in [0.1, 0.15) is 68.6 Å². The molecular formula is C30H43N3O4S. The summed E-state index contributed by atoms with van der Waals surface area (Å²) < 4.78 is 26.6. The highest BCUT2D eigenvalue weighted by Crippen LogP contribution is 2.23. The van der Waals surface area contributed by atoms with Gasteiger partial charge in [-0.2, -0.15) is 0 Å². The monoisotopic (exact) mass is 541 g/mol. The summed E-state index contributed by atoms with van der Waals surface area (Å²) in [6, 6.07) is 15.3. The minimum atomic E-state index is -3.52. The van der Waals surface area contributed by atoms with E-state index >= 15 is 0 Å². The molecule has 0 unspecified atom stereocenters. The minimum absolute atomic E-state index is 0.0891. The lowest BCUT2D eigenvalue weighted by Gasteiger charge is -2.32.